The van der Waals surface area contributed by atoms with E-state index < -0.39 is 17.9 Å². The van der Waals surface area contributed by atoms with Crippen molar-refractivity contribution in [1.82, 2.24) is 9.80 Å². The van der Waals surface area contributed by atoms with Crippen LogP contribution in [-0.4, -0.2) is 59.7 Å². The monoisotopic (exact) mass is 372 g/mol. The number of rotatable bonds is 4. The Kier molecular flexibility index (Phi) is 5.30. The number of esters is 1. The Morgan fingerprint density at radius 3 is 2.00 bits per heavy atom. The second-order valence-electron chi connectivity index (χ2n) is 7.34. The number of carbonyl (C=O) groups excluding carboxylic acids is 4. The Labute approximate surface area is 158 Å². The van der Waals surface area contributed by atoms with Gasteiger partial charge in [0.2, 0.25) is 5.91 Å². The van der Waals surface area contributed by atoms with Crippen molar-refractivity contribution < 1.29 is 23.9 Å². The minimum atomic E-state index is -0.855. The molecule has 3 rings (SSSR count). The number of hydrogen-bond acceptors (Lipinski definition) is 5. The molecule has 2 aliphatic heterocycles. The third-order valence-electron chi connectivity index (χ3n) is 5.33. The molecule has 144 valence electrons. The standard InChI is InChI=1S/C20H24N2O5/c1-12(2)16(19(25)21-10-8-13(9-11-21)20(26)27-3)22-17(23)14-6-4-5-7-15(14)18(22)24/h4-7,12-13,16H,8-11H2,1-3H3/t16-/m0/s1. The molecule has 0 bridgehead atoms. The Hall–Kier alpha value is -2.70. The average molecular weight is 372 g/mol. The van der Waals surface area contributed by atoms with E-state index in [1.165, 1.54) is 7.11 Å². The molecule has 1 atom stereocenters. The third-order valence-corrected chi connectivity index (χ3v) is 5.33. The first-order valence-corrected chi connectivity index (χ1v) is 9.20. The lowest BCUT2D eigenvalue weighted by Gasteiger charge is -2.36. The van der Waals surface area contributed by atoms with E-state index in [0.29, 0.717) is 37.1 Å². The van der Waals surface area contributed by atoms with Crippen molar-refractivity contribution in [2.45, 2.75) is 32.7 Å². The first-order chi connectivity index (χ1) is 12.9. The maximum absolute atomic E-state index is 13.2. The molecule has 0 radical (unpaired) electrons. The molecule has 1 aromatic rings. The predicted molar refractivity (Wildman–Crippen MR) is 96.9 cm³/mol. The molecule has 1 saturated heterocycles. The van der Waals surface area contributed by atoms with Crippen LogP contribution in [0.2, 0.25) is 0 Å². The van der Waals surface area contributed by atoms with Gasteiger partial charge < -0.3 is 9.64 Å². The van der Waals surface area contributed by atoms with Crippen LogP contribution in [0, 0.1) is 11.8 Å². The molecule has 0 aromatic heterocycles. The molecular formula is C20H24N2O5. The van der Waals surface area contributed by atoms with Crippen molar-refractivity contribution in [3.8, 4) is 0 Å². The van der Waals surface area contributed by atoms with Gasteiger partial charge in [-0.05, 0) is 30.9 Å². The minimum Gasteiger partial charge on any atom is -0.469 e. The summed E-state index contributed by atoms with van der Waals surface area (Å²) >= 11 is 0. The predicted octanol–water partition coefficient (Wildman–Crippen LogP) is 1.72. The van der Waals surface area contributed by atoms with Crippen LogP contribution in [0.5, 0.6) is 0 Å². The second-order valence-corrected chi connectivity index (χ2v) is 7.34. The molecule has 2 heterocycles. The van der Waals surface area contributed by atoms with Crippen LogP contribution >= 0.6 is 0 Å². The average Bonchev–Trinajstić information content (AvgIpc) is 2.93. The van der Waals surface area contributed by atoms with Crippen LogP contribution in [-0.2, 0) is 14.3 Å². The first-order valence-electron chi connectivity index (χ1n) is 9.20. The van der Waals surface area contributed by atoms with E-state index >= 15 is 0 Å². The van der Waals surface area contributed by atoms with Gasteiger partial charge in [0.05, 0.1) is 24.2 Å². The Morgan fingerprint density at radius 1 is 1.04 bits per heavy atom. The number of piperidine rings is 1. The van der Waals surface area contributed by atoms with Crippen molar-refractivity contribution in [2.75, 3.05) is 20.2 Å². The molecule has 0 aliphatic carbocycles. The van der Waals surface area contributed by atoms with Crippen LogP contribution in [0.4, 0.5) is 0 Å². The summed E-state index contributed by atoms with van der Waals surface area (Å²) in [6.07, 6.45) is 1.04. The summed E-state index contributed by atoms with van der Waals surface area (Å²) in [5, 5.41) is 0. The summed E-state index contributed by atoms with van der Waals surface area (Å²) in [6.45, 7) is 4.47. The lowest BCUT2D eigenvalue weighted by atomic mass is 9.94. The normalized spacial score (nSPS) is 18.7. The smallest absolute Gasteiger partial charge is 0.308 e. The van der Waals surface area contributed by atoms with Gasteiger partial charge in [0.25, 0.3) is 11.8 Å². The van der Waals surface area contributed by atoms with E-state index in [1.54, 1.807) is 29.2 Å². The third kappa shape index (κ3) is 3.34. The minimum absolute atomic E-state index is 0.212. The van der Waals surface area contributed by atoms with Crippen LogP contribution in [0.3, 0.4) is 0 Å². The number of imide groups is 1. The number of carbonyl (C=O) groups is 4. The summed E-state index contributed by atoms with van der Waals surface area (Å²) < 4.78 is 4.78. The highest BCUT2D eigenvalue weighted by Crippen LogP contribution is 2.29. The zero-order valence-electron chi connectivity index (χ0n) is 15.8. The highest BCUT2D eigenvalue weighted by Gasteiger charge is 2.45. The number of methoxy groups -OCH3 is 1. The molecule has 27 heavy (non-hydrogen) atoms. The maximum Gasteiger partial charge on any atom is 0.308 e. The number of benzene rings is 1. The lowest BCUT2D eigenvalue weighted by Crippen LogP contribution is -2.55. The number of hydrogen-bond donors (Lipinski definition) is 0. The van der Waals surface area contributed by atoms with Gasteiger partial charge in [-0.25, -0.2) is 0 Å². The van der Waals surface area contributed by atoms with E-state index in [9.17, 15) is 19.2 Å². The van der Waals surface area contributed by atoms with Crippen LogP contribution in [0.15, 0.2) is 24.3 Å². The van der Waals surface area contributed by atoms with E-state index in [1.807, 2.05) is 13.8 Å². The highest BCUT2D eigenvalue weighted by atomic mass is 16.5. The second kappa shape index (κ2) is 7.50. The Balaban J connectivity index is 1.79. The summed E-state index contributed by atoms with van der Waals surface area (Å²) in [6, 6.07) is 5.78. The van der Waals surface area contributed by atoms with Crippen LogP contribution < -0.4 is 0 Å². The zero-order chi connectivity index (χ0) is 19.7. The molecule has 1 fully saturated rings. The number of amides is 3. The molecule has 0 saturated carbocycles. The fraction of sp³-hybridized carbons (Fsp3) is 0.500. The number of ether oxygens (including phenoxy) is 1. The van der Waals surface area contributed by atoms with Gasteiger partial charge in [-0.3, -0.25) is 24.1 Å². The van der Waals surface area contributed by atoms with Crippen molar-refractivity contribution in [3.63, 3.8) is 0 Å². The maximum atomic E-state index is 13.2. The zero-order valence-corrected chi connectivity index (χ0v) is 15.8. The van der Waals surface area contributed by atoms with E-state index in [0.717, 1.165) is 4.90 Å². The van der Waals surface area contributed by atoms with Crippen LogP contribution in [0.25, 0.3) is 0 Å². The van der Waals surface area contributed by atoms with E-state index in [-0.39, 0.29) is 23.7 Å². The summed E-state index contributed by atoms with van der Waals surface area (Å²) in [5.74, 6) is -1.79. The van der Waals surface area contributed by atoms with Gasteiger partial charge in [0.15, 0.2) is 0 Å². The highest BCUT2D eigenvalue weighted by molar-refractivity contribution is 6.22. The van der Waals surface area contributed by atoms with Crippen molar-refractivity contribution >= 4 is 23.7 Å². The van der Waals surface area contributed by atoms with Gasteiger partial charge in [0.1, 0.15) is 6.04 Å². The molecule has 7 heteroatoms. The van der Waals surface area contributed by atoms with Gasteiger partial charge in [0, 0.05) is 13.1 Å². The van der Waals surface area contributed by atoms with Crippen LogP contribution in [0.1, 0.15) is 47.4 Å². The van der Waals surface area contributed by atoms with Gasteiger partial charge >= 0.3 is 5.97 Å². The van der Waals surface area contributed by atoms with E-state index in [4.69, 9.17) is 4.74 Å². The topological polar surface area (TPSA) is 84.0 Å². The fourth-order valence-corrected chi connectivity index (χ4v) is 3.84. The molecule has 0 N–H and O–H groups in total. The SMILES string of the molecule is COC(=O)C1CCN(C(=O)[C@H](C(C)C)N2C(=O)c3ccccc3C2=O)CC1. The van der Waals surface area contributed by atoms with Crippen molar-refractivity contribution in [1.29, 1.82) is 0 Å². The molecule has 1 aromatic carbocycles. The molecule has 0 unspecified atom stereocenters. The summed E-state index contributed by atoms with van der Waals surface area (Å²) in [7, 11) is 1.36. The Morgan fingerprint density at radius 2 is 1.56 bits per heavy atom. The largest absolute Gasteiger partial charge is 0.469 e. The summed E-state index contributed by atoms with van der Waals surface area (Å²) in [5.41, 5.74) is 0.677. The number of fused-ring (bicyclic) bond motifs is 1. The Bertz CT molecular complexity index is 745. The molecule has 2 aliphatic rings. The molecular weight excluding hydrogens is 348 g/mol. The quantitative estimate of drug-likeness (QED) is 0.594. The molecule has 3 amide bonds. The molecule has 7 nitrogen and oxygen atoms in total. The van der Waals surface area contributed by atoms with Gasteiger partial charge in [-0.1, -0.05) is 26.0 Å². The van der Waals surface area contributed by atoms with Gasteiger partial charge in [-0.15, -0.1) is 0 Å². The van der Waals surface area contributed by atoms with Crippen molar-refractivity contribution in [2.24, 2.45) is 11.8 Å². The van der Waals surface area contributed by atoms with Gasteiger partial charge in [-0.2, -0.15) is 0 Å². The van der Waals surface area contributed by atoms with E-state index in [2.05, 4.69) is 0 Å². The number of nitrogens with zero attached hydrogens (tertiary/aromatic N) is 2. The molecule has 0 spiro atoms. The lowest BCUT2D eigenvalue weighted by molar-refractivity contribution is -0.149. The number of likely N-dealkylation sites (tertiary alicyclic amines) is 1. The van der Waals surface area contributed by atoms with Crippen molar-refractivity contribution in [3.05, 3.63) is 35.4 Å². The fourth-order valence-electron chi connectivity index (χ4n) is 3.84. The summed E-state index contributed by atoms with van der Waals surface area (Å²) in [4.78, 5) is 53.2. The first kappa shape index (κ1) is 19.1.